The van der Waals surface area contributed by atoms with Gasteiger partial charge in [-0.1, -0.05) is 32.9 Å². The summed E-state index contributed by atoms with van der Waals surface area (Å²) < 4.78 is 1.47. The summed E-state index contributed by atoms with van der Waals surface area (Å²) in [6, 6.07) is 13.7. The highest BCUT2D eigenvalue weighted by molar-refractivity contribution is 6.01. The summed E-state index contributed by atoms with van der Waals surface area (Å²) in [5.74, 6) is -0.356. The zero-order valence-corrected chi connectivity index (χ0v) is 17.8. The van der Waals surface area contributed by atoms with Crippen LogP contribution in [-0.4, -0.2) is 26.5 Å². The standard InChI is InChI=1S/C23H26N4O3/c1-14(24-25-21(29)16-6-12-19(28)13-7-16)20-15(2)26-27(22(20)30)18-10-8-17(9-11-18)23(3,4)5/h6-13,26,28H,1-5H3,(H,25,29). The minimum atomic E-state index is -0.430. The Hall–Kier alpha value is -3.61. The van der Waals surface area contributed by atoms with E-state index in [9.17, 15) is 14.7 Å². The number of rotatable bonds is 4. The summed E-state index contributed by atoms with van der Waals surface area (Å²) in [6.07, 6.45) is 0. The first-order valence-corrected chi connectivity index (χ1v) is 9.64. The monoisotopic (exact) mass is 406 g/mol. The predicted molar refractivity (Wildman–Crippen MR) is 118 cm³/mol. The molecule has 0 radical (unpaired) electrons. The number of aryl methyl sites for hydroxylation is 1. The van der Waals surface area contributed by atoms with Crippen molar-refractivity contribution < 1.29 is 9.90 Å². The molecule has 0 unspecified atom stereocenters. The number of hydrazone groups is 1. The molecule has 3 aromatic rings. The van der Waals surface area contributed by atoms with E-state index in [0.29, 0.717) is 22.5 Å². The Kier molecular flexibility index (Phi) is 5.64. The fraction of sp³-hybridized carbons (Fsp3) is 0.261. The molecule has 0 fully saturated rings. The molecule has 0 aliphatic heterocycles. The highest BCUT2D eigenvalue weighted by Crippen LogP contribution is 2.23. The maximum absolute atomic E-state index is 13.0. The van der Waals surface area contributed by atoms with E-state index < -0.39 is 5.91 Å². The van der Waals surface area contributed by atoms with Crippen molar-refractivity contribution in [2.75, 3.05) is 0 Å². The van der Waals surface area contributed by atoms with Gasteiger partial charge in [0.15, 0.2) is 0 Å². The van der Waals surface area contributed by atoms with Gasteiger partial charge in [0.05, 0.1) is 17.0 Å². The van der Waals surface area contributed by atoms with E-state index in [4.69, 9.17) is 0 Å². The number of hydrogen-bond acceptors (Lipinski definition) is 4. The van der Waals surface area contributed by atoms with Gasteiger partial charge in [0.1, 0.15) is 5.75 Å². The Morgan fingerprint density at radius 2 is 1.67 bits per heavy atom. The van der Waals surface area contributed by atoms with Crippen LogP contribution < -0.4 is 11.0 Å². The summed E-state index contributed by atoms with van der Waals surface area (Å²) in [5.41, 5.74) is 5.94. The van der Waals surface area contributed by atoms with Crippen LogP contribution in [0.3, 0.4) is 0 Å². The van der Waals surface area contributed by atoms with Crippen molar-refractivity contribution in [3.05, 3.63) is 81.3 Å². The Labute approximate surface area is 175 Å². The second kappa shape index (κ2) is 8.02. The lowest BCUT2D eigenvalue weighted by Gasteiger charge is -2.19. The van der Waals surface area contributed by atoms with E-state index in [0.717, 1.165) is 5.69 Å². The SMILES string of the molecule is CC(=NNC(=O)c1ccc(O)cc1)c1c(C)[nH]n(-c2ccc(C(C)(C)C)cc2)c1=O. The molecule has 0 saturated heterocycles. The van der Waals surface area contributed by atoms with Crippen molar-refractivity contribution in [3.63, 3.8) is 0 Å². The van der Waals surface area contributed by atoms with Gasteiger partial charge in [-0.2, -0.15) is 5.10 Å². The number of aromatic nitrogens is 2. The molecule has 0 spiro atoms. The number of aromatic hydroxyl groups is 1. The van der Waals surface area contributed by atoms with Crippen LogP contribution in [0.5, 0.6) is 5.75 Å². The molecule has 2 aromatic carbocycles. The number of benzene rings is 2. The zero-order valence-electron chi connectivity index (χ0n) is 17.8. The fourth-order valence-electron chi connectivity index (χ4n) is 3.13. The third kappa shape index (κ3) is 4.35. The number of aromatic amines is 1. The molecule has 7 nitrogen and oxygen atoms in total. The Balaban J connectivity index is 1.85. The summed E-state index contributed by atoms with van der Waals surface area (Å²) in [4.78, 5) is 25.2. The number of phenolic OH excluding ortho intramolecular Hbond substituents is 1. The molecule has 7 heteroatoms. The molecule has 1 aromatic heterocycles. The first-order valence-electron chi connectivity index (χ1n) is 9.64. The summed E-state index contributed by atoms with van der Waals surface area (Å²) >= 11 is 0. The highest BCUT2D eigenvalue weighted by atomic mass is 16.3. The van der Waals surface area contributed by atoms with Gasteiger partial charge in [-0.05, 0) is 61.2 Å². The van der Waals surface area contributed by atoms with Crippen molar-refractivity contribution in [1.29, 1.82) is 0 Å². The van der Waals surface area contributed by atoms with E-state index in [1.165, 1.54) is 34.5 Å². The van der Waals surface area contributed by atoms with Gasteiger partial charge in [0.25, 0.3) is 11.5 Å². The average Bonchev–Trinajstić information content (AvgIpc) is 3.00. The van der Waals surface area contributed by atoms with Crippen molar-refractivity contribution >= 4 is 11.6 Å². The molecule has 0 aliphatic rings. The number of hydrogen-bond donors (Lipinski definition) is 3. The highest BCUT2D eigenvalue weighted by Gasteiger charge is 2.17. The topological polar surface area (TPSA) is 99.5 Å². The third-order valence-corrected chi connectivity index (χ3v) is 4.88. The Morgan fingerprint density at radius 1 is 1.07 bits per heavy atom. The second-order valence-corrected chi connectivity index (χ2v) is 8.23. The second-order valence-electron chi connectivity index (χ2n) is 8.23. The van der Waals surface area contributed by atoms with Crippen LogP contribution in [0.25, 0.3) is 5.69 Å². The Morgan fingerprint density at radius 3 is 2.23 bits per heavy atom. The summed E-state index contributed by atoms with van der Waals surface area (Å²) in [5, 5.41) is 16.5. The molecule has 0 atom stereocenters. The van der Waals surface area contributed by atoms with E-state index in [-0.39, 0.29) is 16.7 Å². The van der Waals surface area contributed by atoms with E-state index in [1.54, 1.807) is 13.8 Å². The normalized spacial score (nSPS) is 12.1. The van der Waals surface area contributed by atoms with Crippen LogP contribution in [0.1, 0.15) is 54.9 Å². The van der Waals surface area contributed by atoms with Gasteiger partial charge in [-0.15, -0.1) is 0 Å². The minimum Gasteiger partial charge on any atom is -0.508 e. The molecule has 30 heavy (non-hydrogen) atoms. The van der Waals surface area contributed by atoms with Gasteiger partial charge in [0, 0.05) is 11.3 Å². The number of carbonyl (C=O) groups excluding carboxylic acids is 1. The van der Waals surface area contributed by atoms with Crippen LogP contribution >= 0.6 is 0 Å². The lowest BCUT2D eigenvalue weighted by atomic mass is 9.87. The predicted octanol–water partition coefficient (Wildman–Crippen LogP) is 3.63. The molecular formula is C23H26N4O3. The quantitative estimate of drug-likeness (QED) is 0.456. The molecule has 1 heterocycles. The van der Waals surface area contributed by atoms with Crippen LogP contribution in [0.4, 0.5) is 0 Å². The van der Waals surface area contributed by atoms with Crippen molar-refractivity contribution in [1.82, 2.24) is 15.2 Å². The lowest BCUT2D eigenvalue weighted by Crippen LogP contribution is -2.23. The van der Waals surface area contributed by atoms with Gasteiger partial charge >= 0.3 is 0 Å². The largest absolute Gasteiger partial charge is 0.508 e. The number of phenols is 1. The van der Waals surface area contributed by atoms with E-state index >= 15 is 0 Å². The first-order chi connectivity index (χ1) is 14.1. The maximum atomic E-state index is 13.0. The van der Waals surface area contributed by atoms with Crippen molar-refractivity contribution in [2.45, 2.75) is 40.0 Å². The van der Waals surface area contributed by atoms with E-state index in [1.807, 2.05) is 24.3 Å². The summed E-state index contributed by atoms with van der Waals surface area (Å²) in [6.45, 7) is 9.87. The van der Waals surface area contributed by atoms with Crippen LogP contribution in [-0.2, 0) is 5.41 Å². The average molecular weight is 406 g/mol. The van der Waals surface area contributed by atoms with Gasteiger partial charge < -0.3 is 5.11 Å². The van der Waals surface area contributed by atoms with Crippen LogP contribution in [0.2, 0.25) is 0 Å². The third-order valence-electron chi connectivity index (χ3n) is 4.88. The van der Waals surface area contributed by atoms with Crippen LogP contribution in [0.15, 0.2) is 58.4 Å². The number of amides is 1. The lowest BCUT2D eigenvalue weighted by molar-refractivity contribution is 0.0955. The minimum absolute atomic E-state index is 0.0270. The molecule has 156 valence electrons. The smallest absolute Gasteiger partial charge is 0.280 e. The zero-order chi connectivity index (χ0) is 22.1. The number of H-pyrrole nitrogens is 1. The van der Waals surface area contributed by atoms with Crippen LogP contribution in [0, 0.1) is 6.92 Å². The maximum Gasteiger partial charge on any atom is 0.280 e. The molecule has 3 rings (SSSR count). The first kappa shape index (κ1) is 21.1. The molecule has 1 amide bonds. The number of nitrogens with one attached hydrogen (secondary N) is 2. The van der Waals surface area contributed by atoms with Crippen molar-refractivity contribution in [3.8, 4) is 11.4 Å². The molecule has 0 bridgehead atoms. The fourth-order valence-corrected chi connectivity index (χ4v) is 3.13. The Bertz CT molecular complexity index is 1150. The molecule has 0 saturated carbocycles. The molecule has 3 N–H and O–H groups in total. The van der Waals surface area contributed by atoms with Crippen molar-refractivity contribution in [2.24, 2.45) is 5.10 Å². The summed E-state index contributed by atoms with van der Waals surface area (Å²) in [7, 11) is 0. The number of nitrogens with zero attached hydrogens (tertiary/aromatic N) is 2. The van der Waals surface area contributed by atoms with E-state index in [2.05, 4.69) is 36.4 Å². The van der Waals surface area contributed by atoms with Gasteiger partial charge in [-0.3, -0.25) is 14.7 Å². The molecule has 0 aliphatic carbocycles. The van der Waals surface area contributed by atoms with Gasteiger partial charge in [0.2, 0.25) is 0 Å². The van der Waals surface area contributed by atoms with Gasteiger partial charge in [-0.25, -0.2) is 10.1 Å². The number of carbonyl (C=O) groups is 1. The molecular weight excluding hydrogens is 380 g/mol.